The second-order valence-electron chi connectivity index (χ2n) is 5.96. The molecule has 0 aliphatic carbocycles. The molecule has 2 heterocycles. The molecule has 142 valence electrons. The van der Waals surface area contributed by atoms with E-state index in [1.165, 1.54) is 11.8 Å². The van der Waals surface area contributed by atoms with Crippen molar-refractivity contribution in [1.82, 2.24) is 14.8 Å². The quantitative estimate of drug-likeness (QED) is 0.620. The smallest absolute Gasteiger partial charge is 0.237 e. The normalized spacial score (nSPS) is 12.0. The first-order valence-electron chi connectivity index (χ1n) is 8.63. The third-order valence-electron chi connectivity index (χ3n) is 4.02. The molecule has 0 saturated heterocycles. The number of nitrogens with zero attached hydrogens (tertiary/aromatic N) is 3. The number of anilines is 1. The molecule has 2 aromatic heterocycles. The molecular formula is C19H22N4O3S. The maximum atomic E-state index is 12.5. The summed E-state index contributed by atoms with van der Waals surface area (Å²) in [5, 5.41) is 11.7. The van der Waals surface area contributed by atoms with Crippen molar-refractivity contribution in [3.8, 4) is 17.1 Å². The van der Waals surface area contributed by atoms with Gasteiger partial charge in [0, 0.05) is 12.7 Å². The zero-order valence-electron chi connectivity index (χ0n) is 15.7. The van der Waals surface area contributed by atoms with Crippen molar-refractivity contribution < 1.29 is 13.9 Å². The maximum Gasteiger partial charge on any atom is 0.237 e. The molecular weight excluding hydrogens is 364 g/mol. The molecule has 0 saturated carbocycles. The molecule has 1 amide bonds. The first-order chi connectivity index (χ1) is 13.0. The number of aromatic nitrogens is 3. The van der Waals surface area contributed by atoms with E-state index < -0.39 is 0 Å². The van der Waals surface area contributed by atoms with Crippen LogP contribution in [-0.4, -0.2) is 32.5 Å². The van der Waals surface area contributed by atoms with Crippen LogP contribution in [0.4, 0.5) is 5.69 Å². The van der Waals surface area contributed by atoms with E-state index in [1.807, 2.05) is 62.7 Å². The Morgan fingerprint density at radius 3 is 2.67 bits per heavy atom. The Bertz CT molecular complexity index is 917. The highest BCUT2D eigenvalue weighted by molar-refractivity contribution is 8.00. The summed E-state index contributed by atoms with van der Waals surface area (Å²) in [6.07, 6.45) is 1.62. The van der Waals surface area contributed by atoms with Crippen LogP contribution in [0.1, 0.15) is 19.6 Å². The van der Waals surface area contributed by atoms with Crippen molar-refractivity contribution in [3.05, 3.63) is 42.4 Å². The Hall–Kier alpha value is -2.74. The number of carbonyl (C=O) groups excluding carboxylic acids is 1. The zero-order valence-corrected chi connectivity index (χ0v) is 16.5. The Morgan fingerprint density at radius 1 is 1.30 bits per heavy atom. The van der Waals surface area contributed by atoms with Crippen LogP contribution < -0.4 is 10.1 Å². The number of carbonyl (C=O) groups is 1. The van der Waals surface area contributed by atoms with Gasteiger partial charge in [0.15, 0.2) is 11.0 Å². The van der Waals surface area contributed by atoms with Gasteiger partial charge in [-0.15, -0.1) is 10.2 Å². The van der Waals surface area contributed by atoms with Crippen molar-refractivity contribution in [2.24, 2.45) is 7.05 Å². The van der Waals surface area contributed by atoms with Gasteiger partial charge >= 0.3 is 0 Å². The third-order valence-corrected chi connectivity index (χ3v) is 5.15. The van der Waals surface area contributed by atoms with E-state index in [1.54, 1.807) is 6.26 Å². The minimum absolute atomic E-state index is 0.104. The van der Waals surface area contributed by atoms with Gasteiger partial charge in [0.25, 0.3) is 0 Å². The predicted octanol–water partition coefficient (Wildman–Crippen LogP) is 3.90. The standard InChI is InChI=1S/C19H22N4O3S/c1-5-25-15-8-6-14(7-9-15)20-18(24)13(3)27-19-22-21-17(23(19)4)16-10-11-26-12(16)2/h6-11,13H,5H2,1-4H3,(H,20,24). The predicted molar refractivity (Wildman–Crippen MR) is 105 cm³/mol. The highest BCUT2D eigenvalue weighted by Gasteiger charge is 2.20. The van der Waals surface area contributed by atoms with Crippen LogP contribution in [0, 0.1) is 6.92 Å². The summed E-state index contributed by atoms with van der Waals surface area (Å²) in [7, 11) is 1.88. The highest BCUT2D eigenvalue weighted by atomic mass is 32.2. The van der Waals surface area contributed by atoms with Crippen LogP contribution in [0.25, 0.3) is 11.4 Å². The van der Waals surface area contributed by atoms with E-state index in [4.69, 9.17) is 9.15 Å². The fraction of sp³-hybridized carbons (Fsp3) is 0.316. The minimum atomic E-state index is -0.335. The van der Waals surface area contributed by atoms with Crippen LogP contribution in [0.5, 0.6) is 5.75 Å². The fourth-order valence-electron chi connectivity index (χ4n) is 2.53. The molecule has 27 heavy (non-hydrogen) atoms. The lowest BCUT2D eigenvalue weighted by Crippen LogP contribution is -2.22. The third kappa shape index (κ3) is 4.33. The number of amides is 1. The molecule has 0 spiro atoms. The van der Waals surface area contributed by atoms with Crippen LogP contribution in [0.15, 0.2) is 46.2 Å². The molecule has 0 bridgehead atoms. The second-order valence-corrected chi connectivity index (χ2v) is 7.27. The molecule has 8 heteroatoms. The number of hydrogen-bond acceptors (Lipinski definition) is 6. The average Bonchev–Trinajstić information content (AvgIpc) is 3.22. The lowest BCUT2D eigenvalue weighted by Gasteiger charge is -2.12. The Kier molecular flexibility index (Phi) is 5.85. The molecule has 1 unspecified atom stereocenters. The molecule has 1 N–H and O–H groups in total. The fourth-order valence-corrected chi connectivity index (χ4v) is 3.34. The number of thioether (sulfide) groups is 1. The van der Waals surface area contributed by atoms with Gasteiger partial charge in [-0.05, 0) is 51.1 Å². The topological polar surface area (TPSA) is 82.2 Å². The van der Waals surface area contributed by atoms with Gasteiger partial charge in [-0.3, -0.25) is 4.79 Å². The second kappa shape index (κ2) is 8.30. The van der Waals surface area contributed by atoms with E-state index in [0.717, 1.165) is 22.8 Å². The van der Waals surface area contributed by atoms with Crippen molar-refractivity contribution in [1.29, 1.82) is 0 Å². The number of ether oxygens (including phenoxy) is 1. The highest BCUT2D eigenvalue weighted by Crippen LogP contribution is 2.28. The number of rotatable bonds is 7. The van der Waals surface area contributed by atoms with E-state index in [9.17, 15) is 4.79 Å². The van der Waals surface area contributed by atoms with Crippen molar-refractivity contribution >= 4 is 23.4 Å². The summed E-state index contributed by atoms with van der Waals surface area (Å²) in [4.78, 5) is 12.5. The lowest BCUT2D eigenvalue weighted by molar-refractivity contribution is -0.115. The number of aryl methyl sites for hydroxylation is 1. The molecule has 0 fully saturated rings. The summed E-state index contributed by atoms with van der Waals surface area (Å²) >= 11 is 1.35. The van der Waals surface area contributed by atoms with Crippen molar-refractivity contribution in [2.45, 2.75) is 31.2 Å². The molecule has 1 aromatic carbocycles. The summed E-state index contributed by atoms with van der Waals surface area (Å²) < 4.78 is 12.6. The van der Waals surface area contributed by atoms with Gasteiger partial charge in [0.05, 0.1) is 23.7 Å². The van der Waals surface area contributed by atoms with Gasteiger partial charge in [0.2, 0.25) is 5.91 Å². The van der Waals surface area contributed by atoms with Crippen molar-refractivity contribution in [3.63, 3.8) is 0 Å². The SMILES string of the molecule is CCOc1ccc(NC(=O)C(C)Sc2nnc(-c3ccoc3C)n2C)cc1. The summed E-state index contributed by atoms with van der Waals surface area (Å²) in [6.45, 7) is 6.26. The van der Waals surface area contributed by atoms with Gasteiger partial charge in [0.1, 0.15) is 11.5 Å². The van der Waals surface area contributed by atoms with E-state index in [2.05, 4.69) is 15.5 Å². The maximum absolute atomic E-state index is 12.5. The molecule has 1 atom stereocenters. The van der Waals surface area contributed by atoms with Gasteiger partial charge in [-0.1, -0.05) is 11.8 Å². The first-order valence-corrected chi connectivity index (χ1v) is 9.51. The number of nitrogens with one attached hydrogen (secondary N) is 1. The molecule has 0 aliphatic rings. The molecule has 0 aliphatic heterocycles. The van der Waals surface area contributed by atoms with E-state index in [-0.39, 0.29) is 11.2 Å². The molecule has 0 radical (unpaired) electrons. The summed E-state index contributed by atoms with van der Waals surface area (Å²) in [5.74, 6) is 2.17. The van der Waals surface area contributed by atoms with Crippen LogP contribution in [-0.2, 0) is 11.8 Å². The Balaban J connectivity index is 1.65. The van der Waals surface area contributed by atoms with E-state index >= 15 is 0 Å². The molecule has 3 aromatic rings. The van der Waals surface area contributed by atoms with Crippen molar-refractivity contribution in [2.75, 3.05) is 11.9 Å². The van der Waals surface area contributed by atoms with E-state index in [0.29, 0.717) is 17.6 Å². The monoisotopic (exact) mass is 386 g/mol. The molecule has 3 rings (SSSR count). The average molecular weight is 386 g/mol. The largest absolute Gasteiger partial charge is 0.494 e. The number of benzene rings is 1. The zero-order chi connectivity index (χ0) is 19.4. The molecule has 7 nitrogen and oxygen atoms in total. The summed E-state index contributed by atoms with van der Waals surface area (Å²) in [6, 6.07) is 9.17. The number of furan rings is 1. The summed E-state index contributed by atoms with van der Waals surface area (Å²) in [5.41, 5.74) is 1.62. The first kappa shape index (κ1) is 19.0. The van der Waals surface area contributed by atoms with Crippen LogP contribution >= 0.6 is 11.8 Å². The Morgan fingerprint density at radius 2 is 2.04 bits per heavy atom. The number of hydrogen-bond donors (Lipinski definition) is 1. The van der Waals surface area contributed by atoms with Gasteiger partial charge in [-0.25, -0.2) is 0 Å². The van der Waals surface area contributed by atoms with Gasteiger partial charge < -0.3 is 19.0 Å². The lowest BCUT2D eigenvalue weighted by atomic mass is 10.2. The van der Waals surface area contributed by atoms with Crippen LogP contribution in [0.2, 0.25) is 0 Å². The van der Waals surface area contributed by atoms with Gasteiger partial charge in [-0.2, -0.15) is 0 Å². The minimum Gasteiger partial charge on any atom is -0.494 e. The van der Waals surface area contributed by atoms with Crippen LogP contribution in [0.3, 0.4) is 0 Å². The Labute approximate surface area is 162 Å².